The van der Waals surface area contributed by atoms with E-state index in [4.69, 9.17) is 28.4 Å². The number of hydrogen-bond donors (Lipinski definition) is 0. The molecule has 0 unspecified atom stereocenters. The molecular weight excluding hydrogens is 606 g/mol. The van der Waals surface area contributed by atoms with Crippen molar-refractivity contribution in [3.05, 3.63) is 55.0 Å². The summed E-state index contributed by atoms with van der Waals surface area (Å²) in [4.78, 5) is 27.7. The van der Waals surface area contributed by atoms with Crippen LogP contribution in [0.1, 0.15) is 13.3 Å². The maximum Gasteiger partial charge on any atom is 0.302 e. The first-order chi connectivity index (χ1) is 22.4. The van der Waals surface area contributed by atoms with Crippen LogP contribution in [-0.2, 0) is 20.3 Å². The largest absolute Gasteiger partial charge is 0.497 e. The Kier molecular flexibility index (Phi) is 12.1. The van der Waals surface area contributed by atoms with Gasteiger partial charge in [-0.15, -0.1) is 0 Å². The minimum Gasteiger partial charge on any atom is -0.497 e. The molecule has 0 atom stereocenters. The first-order valence-corrected chi connectivity index (χ1v) is 16.6. The normalized spacial score (nSPS) is 14.0. The van der Waals surface area contributed by atoms with Crippen LogP contribution in [-0.4, -0.2) is 115 Å². The van der Waals surface area contributed by atoms with Crippen LogP contribution in [0.15, 0.2) is 55.0 Å². The Bertz CT molecular complexity index is 1560. The predicted octanol–water partition coefficient (Wildman–Crippen LogP) is 4.51. The number of carbonyl (C=O) groups is 1. The average molecular weight is 650 g/mol. The van der Waals surface area contributed by atoms with Crippen molar-refractivity contribution in [2.45, 2.75) is 19.9 Å². The lowest BCUT2D eigenvalue weighted by Gasteiger charge is -2.34. The van der Waals surface area contributed by atoms with Gasteiger partial charge in [0.05, 0.1) is 49.9 Å². The zero-order chi connectivity index (χ0) is 32.3. The first-order valence-electron chi connectivity index (χ1n) is 15.5. The van der Waals surface area contributed by atoms with Gasteiger partial charge in [0.15, 0.2) is 0 Å². The molecule has 1 saturated heterocycles. The van der Waals surface area contributed by atoms with Gasteiger partial charge in [-0.05, 0) is 43.2 Å². The molecule has 2 aromatic carbocycles. The lowest BCUT2D eigenvalue weighted by atomic mass is 10.2. The number of anilines is 2. The Hall–Kier alpha value is -3.91. The lowest BCUT2D eigenvalue weighted by molar-refractivity contribution is -0.141. The summed E-state index contributed by atoms with van der Waals surface area (Å²) in [6, 6.07) is 11.9. The molecule has 0 aliphatic carbocycles. The second-order valence-electron chi connectivity index (χ2n) is 11.0. The highest BCUT2D eigenvalue weighted by Gasteiger charge is 2.17. The molecule has 0 amide bonds. The minimum atomic E-state index is -0.218. The molecule has 1 fully saturated rings. The third-order valence-corrected chi connectivity index (χ3v) is 8.37. The highest BCUT2D eigenvalue weighted by atomic mass is 32.2. The summed E-state index contributed by atoms with van der Waals surface area (Å²) in [6.45, 7) is 9.73. The zero-order valence-electron chi connectivity index (χ0n) is 27.1. The molecule has 4 aromatic rings. The number of carbonyl (C=O) groups excluding carboxylic acids is 1. The Labute approximate surface area is 274 Å². The number of hydrogen-bond acceptors (Lipinski definition) is 12. The molecule has 2 aromatic heterocycles. The molecule has 1 aliphatic heterocycles. The zero-order valence-corrected chi connectivity index (χ0v) is 27.9. The van der Waals surface area contributed by atoms with Crippen molar-refractivity contribution in [3.8, 4) is 22.8 Å². The predicted molar refractivity (Wildman–Crippen MR) is 181 cm³/mol. The smallest absolute Gasteiger partial charge is 0.302 e. The van der Waals surface area contributed by atoms with Crippen molar-refractivity contribution in [2.24, 2.45) is 0 Å². The van der Waals surface area contributed by atoms with E-state index in [1.807, 2.05) is 53.7 Å². The molecule has 0 bridgehead atoms. The number of benzene rings is 2. The van der Waals surface area contributed by atoms with Crippen LogP contribution in [0.25, 0.3) is 22.3 Å². The van der Waals surface area contributed by atoms with E-state index in [1.165, 1.54) is 19.0 Å². The third-order valence-electron chi connectivity index (χ3n) is 7.97. The molecule has 0 radical (unpaired) electrons. The monoisotopic (exact) mass is 649 g/mol. The van der Waals surface area contributed by atoms with Gasteiger partial charge < -0.3 is 28.2 Å². The Balaban J connectivity index is 1.23. The number of piperazine rings is 1. The van der Waals surface area contributed by atoms with Crippen LogP contribution >= 0.6 is 12.0 Å². The van der Waals surface area contributed by atoms with Crippen molar-refractivity contribution in [2.75, 3.05) is 84.4 Å². The Morgan fingerprint density at radius 3 is 2.33 bits per heavy atom. The van der Waals surface area contributed by atoms with Gasteiger partial charge >= 0.3 is 5.97 Å². The quantitative estimate of drug-likeness (QED) is 0.0968. The summed E-state index contributed by atoms with van der Waals surface area (Å²) in [5.41, 5.74) is 5.20. The summed E-state index contributed by atoms with van der Waals surface area (Å²) in [7, 11) is 3.30. The van der Waals surface area contributed by atoms with Gasteiger partial charge in [-0.25, -0.2) is 4.98 Å². The van der Waals surface area contributed by atoms with E-state index in [2.05, 4.69) is 25.9 Å². The van der Waals surface area contributed by atoms with E-state index < -0.39 is 0 Å². The lowest BCUT2D eigenvalue weighted by Crippen LogP contribution is -2.47. The van der Waals surface area contributed by atoms with Gasteiger partial charge in [-0.1, -0.05) is 0 Å². The molecule has 13 heteroatoms. The molecule has 0 spiro atoms. The van der Waals surface area contributed by atoms with Gasteiger partial charge in [0.1, 0.15) is 18.1 Å². The number of ether oxygens (including phenoxy) is 3. The highest BCUT2D eigenvalue weighted by Crippen LogP contribution is 2.34. The summed E-state index contributed by atoms with van der Waals surface area (Å²) in [5.74, 6) is 1.20. The summed E-state index contributed by atoms with van der Waals surface area (Å²) in [6.07, 6.45) is 8.62. The van der Waals surface area contributed by atoms with Gasteiger partial charge in [0.25, 0.3) is 0 Å². The van der Waals surface area contributed by atoms with E-state index in [9.17, 15) is 4.79 Å². The molecule has 12 nitrogen and oxygen atoms in total. The standard InChI is InChI=1S/C33H43N7O5S/c1-25(41)44-16-14-38-12-10-37(11-13-38)8-5-9-39-24-26(22-35-39)33-23-34-31-7-6-27(20-32(31)36-33)40(15-17-45-46-4)28-18-29(42-2)21-30(19-28)43-3/h6-7,18-24H,5,8-17H2,1-4H3. The molecule has 0 saturated carbocycles. The van der Waals surface area contributed by atoms with Crippen LogP contribution in [0.5, 0.6) is 11.5 Å². The van der Waals surface area contributed by atoms with Gasteiger partial charge in [0.2, 0.25) is 0 Å². The second-order valence-corrected chi connectivity index (χ2v) is 11.6. The second kappa shape index (κ2) is 16.6. The number of rotatable bonds is 16. The maximum atomic E-state index is 11.0. The number of methoxy groups -OCH3 is 2. The third kappa shape index (κ3) is 9.09. The van der Waals surface area contributed by atoms with Gasteiger partial charge in [0, 0.05) is 100 Å². The van der Waals surface area contributed by atoms with Gasteiger partial charge in [-0.3, -0.25) is 19.4 Å². The first kappa shape index (κ1) is 33.5. The van der Waals surface area contributed by atoms with E-state index in [1.54, 1.807) is 20.4 Å². The molecule has 46 heavy (non-hydrogen) atoms. The van der Waals surface area contributed by atoms with E-state index in [0.29, 0.717) is 31.3 Å². The molecular formula is C33H43N7O5S. The summed E-state index contributed by atoms with van der Waals surface area (Å²) < 4.78 is 23.8. The highest BCUT2D eigenvalue weighted by molar-refractivity contribution is 7.93. The van der Waals surface area contributed by atoms with E-state index in [-0.39, 0.29) is 5.97 Å². The van der Waals surface area contributed by atoms with Crippen LogP contribution < -0.4 is 14.4 Å². The maximum absolute atomic E-state index is 11.0. The minimum absolute atomic E-state index is 0.218. The van der Waals surface area contributed by atoms with Crippen molar-refractivity contribution >= 4 is 40.4 Å². The molecule has 3 heterocycles. The van der Waals surface area contributed by atoms with Crippen LogP contribution in [0, 0.1) is 0 Å². The fourth-order valence-corrected chi connectivity index (χ4v) is 5.74. The van der Waals surface area contributed by atoms with Crippen molar-refractivity contribution < 1.29 is 23.2 Å². The summed E-state index contributed by atoms with van der Waals surface area (Å²) >= 11 is 1.35. The fraction of sp³-hybridized carbons (Fsp3) is 0.455. The Morgan fingerprint density at radius 2 is 1.63 bits per heavy atom. The fourth-order valence-electron chi connectivity index (χ4n) is 5.50. The number of aryl methyl sites for hydroxylation is 1. The van der Waals surface area contributed by atoms with Crippen LogP contribution in [0.2, 0.25) is 0 Å². The molecule has 0 N–H and O–H groups in total. The molecule has 1 aliphatic rings. The van der Waals surface area contributed by atoms with E-state index >= 15 is 0 Å². The number of nitrogens with zero attached hydrogens (tertiary/aromatic N) is 7. The SMILES string of the molecule is COc1cc(OC)cc(N(CCOSC)c2ccc3ncc(-c4cnn(CCCN5CCN(CCOC(C)=O)CC5)c4)nc3c2)c1. The Morgan fingerprint density at radius 1 is 0.891 bits per heavy atom. The number of fused-ring (bicyclic) bond motifs is 1. The number of esters is 1. The van der Waals surface area contributed by atoms with Gasteiger partial charge in [-0.2, -0.15) is 5.10 Å². The van der Waals surface area contributed by atoms with Crippen molar-refractivity contribution in [1.82, 2.24) is 29.5 Å². The number of aromatic nitrogens is 4. The van der Waals surface area contributed by atoms with Crippen molar-refractivity contribution in [3.63, 3.8) is 0 Å². The molecule has 246 valence electrons. The van der Waals surface area contributed by atoms with Crippen molar-refractivity contribution in [1.29, 1.82) is 0 Å². The van der Waals surface area contributed by atoms with E-state index in [0.717, 1.165) is 85.9 Å². The average Bonchev–Trinajstić information content (AvgIpc) is 3.55. The topological polar surface area (TPSA) is 107 Å². The van der Waals surface area contributed by atoms with Crippen LogP contribution in [0.3, 0.4) is 0 Å². The summed E-state index contributed by atoms with van der Waals surface area (Å²) in [5, 5.41) is 4.61. The van der Waals surface area contributed by atoms with Crippen LogP contribution in [0.4, 0.5) is 11.4 Å². The molecule has 5 rings (SSSR count).